The number of carbonyl (C=O) groups is 1. The number of hydrogen-bond acceptors (Lipinski definition) is 5. The second kappa shape index (κ2) is 12.3. The number of nitrogens with zero attached hydrogens (tertiary/aromatic N) is 3. The molecule has 2 amide bonds. The lowest BCUT2D eigenvalue weighted by Crippen LogP contribution is -2.31. The highest BCUT2D eigenvalue weighted by molar-refractivity contribution is 6.76. The number of urea groups is 1. The Kier molecular flexibility index (Phi) is 9.41. The van der Waals surface area contributed by atoms with Crippen LogP contribution in [0.3, 0.4) is 0 Å². The quantitative estimate of drug-likeness (QED) is 0.244. The highest BCUT2D eigenvalue weighted by atomic mass is 28.3. The number of carbonyl (C=O) groups excluding carboxylic acids is 1. The van der Waals surface area contributed by atoms with Crippen LogP contribution in [0.25, 0.3) is 11.0 Å². The van der Waals surface area contributed by atoms with Crippen LogP contribution in [-0.2, 0) is 11.5 Å². The zero-order valence-electron chi connectivity index (χ0n) is 21.5. The minimum absolute atomic E-state index is 0.0102. The van der Waals surface area contributed by atoms with E-state index in [0.29, 0.717) is 30.9 Å². The van der Waals surface area contributed by atoms with Crippen LogP contribution in [-0.4, -0.2) is 62.3 Å². The van der Waals surface area contributed by atoms with Crippen LogP contribution in [0.1, 0.15) is 6.42 Å². The van der Waals surface area contributed by atoms with E-state index in [1.165, 1.54) is 6.20 Å². The molecular weight excluding hydrogens is 484 g/mol. The predicted octanol–water partition coefficient (Wildman–Crippen LogP) is 5.49. The van der Waals surface area contributed by atoms with E-state index in [-0.39, 0.29) is 11.4 Å². The summed E-state index contributed by atoms with van der Waals surface area (Å²) >= 11 is 0. The molecule has 3 aromatic rings. The second-order valence-corrected chi connectivity index (χ2v) is 15.7. The fraction of sp³-hybridized carbons (Fsp3) is 0.440. The molecule has 0 saturated heterocycles. The molecule has 36 heavy (non-hydrogen) atoms. The van der Waals surface area contributed by atoms with E-state index in [1.54, 1.807) is 18.3 Å². The summed E-state index contributed by atoms with van der Waals surface area (Å²) in [7, 11) is 2.68. The first kappa shape index (κ1) is 27.6. The third kappa shape index (κ3) is 8.00. The van der Waals surface area contributed by atoms with Crippen LogP contribution in [0.2, 0.25) is 25.7 Å². The topological polar surface area (TPSA) is 80.7 Å². The molecule has 0 aliphatic rings. The van der Waals surface area contributed by atoms with E-state index in [9.17, 15) is 13.6 Å². The largest absolute Gasteiger partial charge is 0.450 e. The predicted molar refractivity (Wildman–Crippen MR) is 140 cm³/mol. The van der Waals surface area contributed by atoms with E-state index in [1.807, 2.05) is 23.6 Å². The fourth-order valence-corrected chi connectivity index (χ4v) is 4.17. The van der Waals surface area contributed by atoms with E-state index >= 15 is 0 Å². The fourth-order valence-electron chi connectivity index (χ4n) is 3.41. The molecule has 11 heteroatoms. The van der Waals surface area contributed by atoms with Gasteiger partial charge in [0.15, 0.2) is 17.4 Å². The van der Waals surface area contributed by atoms with Crippen LogP contribution in [0.15, 0.2) is 36.7 Å². The number of rotatable bonds is 12. The van der Waals surface area contributed by atoms with E-state index in [0.717, 1.165) is 31.1 Å². The van der Waals surface area contributed by atoms with Crippen molar-refractivity contribution in [1.29, 1.82) is 0 Å². The Morgan fingerprint density at radius 3 is 2.56 bits per heavy atom. The number of hydrogen-bond donors (Lipinski definition) is 2. The van der Waals surface area contributed by atoms with Gasteiger partial charge in [-0.2, -0.15) is 0 Å². The van der Waals surface area contributed by atoms with Crippen molar-refractivity contribution in [3.05, 3.63) is 48.3 Å². The Hall–Kier alpha value is -3.02. The monoisotopic (exact) mass is 519 g/mol. The van der Waals surface area contributed by atoms with Crippen molar-refractivity contribution in [3.8, 4) is 11.5 Å². The number of amides is 2. The lowest BCUT2D eigenvalue weighted by molar-refractivity contribution is 0.0899. The van der Waals surface area contributed by atoms with E-state index < -0.39 is 31.5 Å². The molecule has 0 aliphatic carbocycles. The van der Waals surface area contributed by atoms with E-state index in [2.05, 4.69) is 35.3 Å². The van der Waals surface area contributed by atoms with Crippen molar-refractivity contribution in [2.75, 3.05) is 39.1 Å². The molecule has 0 aliphatic heterocycles. The molecule has 0 saturated carbocycles. The first-order valence-electron chi connectivity index (χ1n) is 11.9. The summed E-state index contributed by atoms with van der Waals surface area (Å²) in [6.45, 7) is 9.10. The van der Waals surface area contributed by atoms with Gasteiger partial charge < -0.3 is 29.6 Å². The molecule has 196 valence electrons. The zero-order chi connectivity index (χ0) is 26.3. The minimum Gasteiger partial charge on any atom is -0.450 e. The highest BCUT2D eigenvalue weighted by Gasteiger charge is 2.18. The third-order valence-electron chi connectivity index (χ3n) is 5.38. The van der Waals surface area contributed by atoms with Crippen LogP contribution in [0, 0.1) is 11.6 Å². The minimum atomic E-state index is -1.19. The number of nitrogens with one attached hydrogen (secondary N) is 2. The average Bonchev–Trinajstić information content (AvgIpc) is 3.20. The Morgan fingerprint density at radius 1 is 1.17 bits per heavy atom. The first-order chi connectivity index (χ1) is 17.0. The van der Waals surface area contributed by atoms with Crippen LogP contribution in [0.5, 0.6) is 11.5 Å². The van der Waals surface area contributed by atoms with Gasteiger partial charge in [-0.05, 0) is 45.2 Å². The molecule has 0 atom stereocenters. The molecule has 8 nitrogen and oxygen atoms in total. The number of ether oxygens (including phenoxy) is 2. The number of pyridine rings is 1. The van der Waals surface area contributed by atoms with Gasteiger partial charge in [0.05, 0.1) is 5.39 Å². The van der Waals surface area contributed by atoms with Crippen molar-refractivity contribution in [2.24, 2.45) is 0 Å². The van der Waals surface area contributed by atoms with Crippen LogP contribution >= 0.6 is 0 Å². The molecule has 0 radical (unpaired) electrons. The maximum Gasteiger partial charge on any atom is 0.319 e. The summed E-state index contributed by atoms with van der Waals surface area (Å²) in [6, 6.07) is 5.87. The third-order valence-corrected chi connectivity index (χ3v) is 7.09. The maximum absolute atomic E-state index is 14.8. The molecule has 0 fully saturated rings. The van der Waals surface area contributed by atoms with Gasteiger partial charge in [-0.1, -0.05) is 19.6 Å². The van der Waals surface area contributed by atoms with Gasteiger partial charge in [-0.25, -0.2) is 18.6 Å². The van der Waals surface area contributed by atoms with Crippen molar-refractivity contribution in [3.63, 3.8) is 0 Å². The normalized spacial score (nSPS) is 11.8. The molecule has 0 spiro atoms. The highest BCUT2D eigenvalue weighted by Crippen LogP contribution is 2.34. The maximum atomic E-state index is 14.8. The van der Waals surface area contributed by atoms with Gasteiger partial charge in [0.25, 0.3) is 0 Å². The van der Waals surface area contributed by atoms with Crippen molar-refractivity contribution in [2.45, 2.75) is 38.8 Å². The smallest absolute Gasteiger partial charge is 0.319 e. The molecule has 3 rings (SSSR count). The van der Waals surface area contributed by atoms with Crippen LogP contribution < -0.4 is 15.4 Å². The Labute approximate surface area is 211 Å². The SMILES string of the molecule is CN(C)CCCNC(=O)Nc1cc(F)c(Oc2ccnc3c2ccn3COCC[Si](C)(C)C)c(F)c1. The number of aromatic nitrogens is 2. The van der Waals surface area contributed by atoms with E-state index in [4.69, 9.17) is 9.47 Å². The summed E-state index contributed by atoms with van der Waals surface area (Å²) in [5.41, 5.74) is 0.578. The van der Waals surface area contributed by atoms with Gasteiger partial charge in [0.2, 0.25) is 0 Å². The first-order valence-corrected chi connectivity index (χ1v) is 15.6. The standard InChI is InChI=1S/C25H35F2N5O3Si/c1-31(2)11-6-9-29-25(33)30-18-15-20(26)23(21(27)16-18)35-22-7-10-28-24-19(22)8-12-32(24)17-34-13-14-36(3,4)5/h7-8,10,12,15-16H,6,9,11,13-14,17H2,1-5H3,(H2,29,30,33). The second-order valence-electron chi connectivity index (χ2n) is 10.1. The molecule has 2 aromatic heterocycles. The summed E-state index contributed by atoms with van der Waals surface area (Å²) in [5.74, 6) is -2.16. The Morgan fingerprint density at radius 2 is 1.89 bits per heavy atom. The number of halogens is 2. The summed E-state index contributed by atoms with van der Waals surface area (Å²) in [5, 5.41) is 5.70. The van der Waals surface area contributed by atoms with Gasteiger partial charge in [-0.15, -0.1) is 0 Å². The summed E-state index contributed by atoms with van der Waals surface area (Å²) < 4.78 is 42.8. The van der Waals surface area contributed by atoms with Crippen molar-refractivity contribution in [1.82, 2.24) is 19.8 Å². The van der Waals surface area contributed by atoms with Gasteiger partial charge in [0.1, 0.15) is 18.1 Å². The lowest BCUT2D eigenvalue weighted by atomic mass is 10.2. The molecule has 0 bridgehead atoms. The number of benzene rings is 1. The average molecular weight is 520 g/mol. The zero-order valence-corrected chi connectivity index (χ0v) is 22.5. The molecule has 2 N–H and O–H groups in total. The number of fused-ring (bicyclic) bond motifs is 1. The summed E-state index contributed by atoms with van der Waals surface area (Å²) in [4.78, 5) is 18.4. The Bertz CT molecular complexity index is 1160. The van der Waals surface area contributed by atoms with Crippen LogP contribution in [0.4, 0.5) is 19.3 Å². The molecule has 2 heterocycles. The summed E-state index contributed by atoms with van der Waals surface area (Å²) in [6.07, 6.45) is 4.07. The van der Waals surface area contributed by atoms with Gasteiger partial charge in [0, 0.05) is 51.4 Å². The molecule has 0 unspecified atom stereocenters. The van der Waals surface area contributed by atoms with Gasteiger partial charge >= 0.3 is 6.03 Å². The molecule has 1 aromatic carbocycles. The van der Waals surface area contributed by atoms with Gasteiger partial charge in [-0.3, -0.25) is 0 Å². The van der Waals surface area contributed by atoms with Crippen molar-refractivity contribution >= 4 is 30.8 Å². The lowest BCUT2D eigenvalue weighted by Gasteiger charge is -2.15. The van der Waals surface area contributed by atoms with Crippen molar-refractivity contribution < 1.29 is 23.0 Å². The number of anilines is 1. The molecular formula is C25H35F2N5O3Si. The Balaban J connectivity index is 1.66.